The van der Waals surface area contributed by atoms with Crippen molar-refractivity contribution >= 4 is 49.6 Å². The molecule has 0 fully saturated rings. The summed E-state index contributed by atoms with van der Waals surface area (Å²) in [6.07, 6.45) is 0. The second-order valence-electron chi connectivity index (χ2n) is 13.0. The van der Waals surface area contributed by atoms with Crippen LogP contribution in [0.1, 0.15) is 25.0 Å². The second-order valence-corrected chi connectivity index (χ2v) is 13.0. The maximum atomic E-state index is 2.49. The molecule has 0 spiro atoms. The largest absolute Gasteiger partial charge is 0.309 e. The predicted molar refractivity (Wildman–Crippen MR) is 190 cm³/mol. The van der Waals surface area contributed by atoms with Gasteiger partial charge in [-0.2, -0.15) is 0 Å². The zero-order valence-electron chi connectivity index (χ0n) is 25.3. The Morgan fingerprint density at radius 2 is 1.07 bits per heavy atom. The molecule has 0 saturated carbocycles. The highest BCUT2D eigenvalue weighted by Gasteiger charge is 2.38. The summed E-state index contributed by atoms with van der Waals surface area (Å²) in [7, 11) is 0. The van der Waals surface area contributed by atoms with Gasteiger partial charge in [0.25, 0.3) is 0 Å². The van der Waals surface area contributed by atoms with E-state index in [1.54, 1.807) is 0 Å². The quantitative estimate of drug-likeness (QED) is 0.199. The van der Waals surface area contributed by atoms with Crippen molar-refractivity contribution < 1.29 is 0 Å². The van der Waals surface area contributed by atoms with E-state index in [9.17, 15) is 0 Å². The van der Waals surface area contributed by atoms with Gasteiger partial charge in [0, 0.05) is 38.5 Å². The van der Waals surface area contributed by atoms with Crippen molar-refractivity contribution in [3.8, 4) is 27.9 Å². The molecule has 1 aromatic heterocycles. The first-order chi connectivity index (χ1) is 22.1. The van der Waals surface area contributed by atoms with E-state index in [1.165, 1.54) is 77.3 Å². The number of hydrogen-bond acceptors (Lipinski definition) is 1. The Balaban J connectivity index is 1.21. The molecule has 7 aromatic carbocycles. The second kappa shape index (κ2) is 8.74. The molecule has 2 aliphatic rings. The van der Waals surface area contributed by atoms with Crippen molar-refractivity contribution in [3.63, 3.8) is 0 Å². The highest BCUT2D eigenvalue weighted by molar-refractivity contribution is 6.15. The fourth-order valence-corrected chi connectivity index (χ4v) is 8.23. The summed E-state index contributed by atoms with van der Waals surface area (Å²) >= 11 is 0. The van der Waals surface area contributed by atoms with Gasteiger partial charge in [0.2, 0.25) is 0 Å². The Kier molecular flexibility index (Phi) is 4.82. The molecule has 2 nitrogen and oxygen atoms in total. The third kappa shape index (κ3) is 3.24. The standard InChI is InChI=1S/C43H30N2/c1-43(2)36-17-6-3-13-30(36)34-25-35-33-16-9-11-27-12-10-20-40(42(27)33)45(41(35)26-37(34)43)29-23-21-28(22-24-29)44-38-18-7-4-14-31(38)32-15-5-8-19-39(32)44/h3-26H,1-2H3. The van der Waals surface area contributed by atoms with Crippen LogP contribution in [0.15, 0.2) is 146 Å². The minimum absolute atomic E-state index is 0.0734. The first kappa shape index (κ1) is 24.8. The summed E-state index contributed by atoms with van der Waals surface area (Å²) in [5.74, 6) is 0. The number of anilines is 3. The van der Waals surface area contributed by atoms with E-state index in [4.69, 9.17) is 0 Å². The van der Waals surface area contributed by atoms with E-state index in [-0.39, 0.29) is 5.41 Å². The summed E-state index contributed by atoms with van der Waals surface area (Å²) < 4.78 is 2.39. The monoisotopic (exact) mass is 574 g/mol. The van der Waals surface area contributed by atoms with Crippen LogP contribution in [0.4, 0.5) is 17.1 Å². The van der Waals surface area contributed by atoms with Crippen molar-refractivity contribution in [2.75, 3.05) is 4.90 Å². The maximum absolute atomic E-state index is 2.49. The van der Waals surface area contributed by atoms with Gasteiger partial charge in [-0.25, -0.2) is 0 Å². The third-order valence-corrected chi connectivity index (χ3v) is 10.3. The predicted octanol–water partition coefficient (Wildman–Crippen LogP) is 11.7. The van der Waals surface area contributed by atoms with Gasteiger partial charge in [0.1, 0.15) is 0 Å². The van der Waals surface area contributed by atoms with E-state index >= 15 is 0 Å². The molecule has 0 unspecified atom stereocenters. The molecule has 8 aromatic rings. The minimum Gasteiger partial charge on any atom is -0.309 e. The third-order valence-electron chi connectivity index (χ3n) is 10.3. The van der Waals surface area contributed by atoms with Gasteiger partial charge in [-0.3, -0.25) is 0 Å². The molecule has 0 saturated heterocycles. The van der Waals surface area contributed by atoms with E-state index in [1.807, 2.05) is 0 Å². The summed E-state index contributed by atoms with van der Waals surface area (Å²) in [4.78, 5) is 2.49. The van der Waals surface area contributed by atoms with Crippen LogP contribution >= 0.6 is 0 Å². The average molecular weight is 575 g/mol. The summed E-state index contributed by atoms with van der Waals surface area (Å²) in [5.41, 5.74) is 15.3. The normalized spacial score (nSPS) is 14.1. The number of benzene rings is 7. The van der Waals surface area contributed by atoms with Crippen LogP contribution in [-0.4, -0.2) is 4.57 Å². The molecule has 2 heteroatoms. The van der Waals surface area contributed by atoms with E-state index in [0.29, 0.717) is 0 Å². The fraction of sp³-hybridized carbons (Fsp3) is 0.0698. The zero-order chi connectivity index (χ0) is 29.9. The number of aromatic nitrogens is 1. The van der Waals surface area contributed by atoms with Gasteiger partial charge in [-0.1, -0.05) is 105 Å². The van der Waals surface area contributed by atoms with Gasteiger partial charge in [-0.05, 0) is 87.8 Å². The maximum Gasteiger partial charge on any atom is 0.0546 e. The lowest BCUT2D eigenvalue weighted by molar-refractivity contribution is 0.660. The van der Waals surface area contributed by atoms with Crippen LogP contribution in [0.2, 0.25) is 0 Å². The molecule has 2 heterocycles. The Morgan fingerprint density at radius 3 is 1.82 bits per heavy atom. The number of para-hydroxylation sites is 2. The van der Waals surface area contributed by atoms with Crippen LogP contribution in [0.5, 0.6) is 0 Å². The highest BCUT2D eigenvalue weighted by Crippen LogP contribution is 2.57. The number of rotatable bonds is 2. The Bertz CT molecular complexity index is 2450. The lowest BCUT2D eigenvalue weighted by atomic mass is 9.81. The van der Waals surface area contributed by atoms with Crippen LogP contribution in [0.25, 0.3) is 60.5 Å². The van der Waals surface area contributed by atoms with Crippen LogP contribution in [-0.2, 0) is 5.41 Å². The topological polar surface area (TPSA) is 8.17 Å². The first-order valence-corrected chi connectivity index (χ1v) is 15.8. The van der Waals surface area contributed by atoms with Gasteiger partial charge < -0.3 is 9.47 Å². The van der Waals surface area contributed by atoms with Gasteiger partial charge in [-0.15, -0.1) is 0 Å². The number of fused-ring (bicyclic) bond motifs is 8. The van der Waals surface area contributed by atoms with Crippen molar-refractivity contribution in [1.29, 1.82) is 0 Å². The summed E-state index contributed by atoms with van der Waals surface area (Å²) in [5, 5.41) is 5.14. The molecule has 45 heavy (non-hydrogen) atoms. The molecular formula is C43H30N2. The van der Waals surface area contributed by atoms with Crippen LogP contribution < -0.4 is 4.90 Å². The summed E-state index contributed by atoms with van der Waals surface area (Å²) in [6, 6.07) is 53.9. The Morgan fingerprint density at radius 1 is 0.444 bits per heavy atom. The van der Waals surface area contributed by atoms with Crippen LogP contribution in [0.3, 0.4) is 0 Å². The average Bonchev–Trinajstić information content (AvgIpc) is 3.53. The minimum atomic E-state index is -0.0734. The van der Waals surface area contributed by atoms with Crippen molar-refractivity contribution in [1.82, 2.24) is 4.57 Å². The van der Waals surface area contributed by atoms with Crippen molar-refractivity contribution in [2.45, 2.75) is 19.3 Å². The molecule has 0 N–H and O–H groups in total. The van der Waals surface area contributed by atoms with E-state index in [2.05, 4.69) is 169 Å². The molecule has 0 atom stereocenters. The summed E-state index contributed by atoms with van der Waals surface area (Å²) in [6.45, 7) is 4.73. The van der Waals surface area contributed by atoms with Crippen molar-refractivity contribution in [3.05, 3.63) is 157 Å². The lowest BCUT2D eigenvalue weighted by Gasteiger charge is -2.35. The van der Waals surface area contributed by atoms with E-state index in [0.717, 1.165) is 11.4 Å². The van der Waals surface area contributed by atoms with Crippen molar-refractivity contribution in [2.24, 2.45) is 0 Å². The van der Waals surface area contributed by atoms with Crippen LogP contribution in [0, 0.1) is 0 Å². The molecule has 10 rings (SSSR count). The molecule has 0 bridgehead atoms. The van der Waals surface area contributed by atoms with E-state index < -0.39 is 0 Å². The van der Waals surface area contributed by atoms with Gasteiger partial charge in [0.05, 0.1) is 22.4 Å². The smallest absolute Gasteiger partial charge is 0.0546 e. The zero-order valence-corrected chi connectivity index (χ0v) is 25.3. The number of hydrogen-bond donors (Lipinski definition) is 0. The Hall–Kier alpha value is -5.60. The molecular weight excluding hydrogens is 544 g/mol. The SMILES string of the molecule is CC1(C)c2ccccc2-c2cc3c(cc21)N(c1ccc(-n2c4ccccc4c4ccccc42)cc1)c1cccc2cccc-3c12. The number of nitrogens with zero attached hydrogens (tertiary/aromatic N) is 2. The molecule has 212 valence electrons. The Labute approximate surface area is 262 Å². The molecule has 0 radical (unpaired) electrons. The van der Waals surface area contributed by atoms with Gasteiger partial charge >= 0.3 is 0 Å². The van der Waals surface area contributed by atoms with Gasteiger partial charge in [0.15, 0.2) is 0 Å². The lowest BCUT2D eigenvalue weighted by Crippen LogP contribution is -2.18. The first-order valence-electron chi connectivity index (χ1n) is 15.8. The highest BCUT2D eigenvalue weighted by atomic mass is 15.2. The molecule has 1 aliphatic carbocycles. The molecule has 1 aliphatic heterocycles. The molecule has 0 amide bonds. The fourth-order valence-electron chi connectivity index (χ4n) is 8.23.